The van der Waals surface area contributed by atoms with Crippen LogP contribution in [0.25, 0.3) is 0 Å². The first-order valence-corrected chi connectivity index (χ1v) is 15.4. The smallest absolute Gasteiger partial charge is 0.0185 e. The lowest BCUT2D eigenvalue weighted by Crippen LogP contribution is -2.29. The fourth-order valence-electron chi connectivity index (χ4n) is 3.60. The molecule has 1 nitrogen and oxygen atoms in total. The number of thioether (sulfide) groups is 3. The second kappa shape index (κ2) is 17.2. The van der Waals surface area contributed by atoms with Gasteiger partial charge in [-0.2, -0.15) is 35.3 Å². The van der Waals surface area contributed by atoms with Crippen molar-refractivity contribution < 1.29 is 0 Å². The molecule has 0 atom stereocenters. The summed E-state index contributed by atoms with van der Waals surface area (Å²) in [6.07, 6.45) is 2.55. The lowest BCUT2D eigenvalue weighted by molar-refractivity contribution is 0.293. The minimum atomic E-state index is 1.12. The van der Waals surface area contributed by atoms with E-state index in [-0.39, 0.29) is 0 Å². The molecule has 0 saturated heterocycles. The minimum absolute atomic E-state index is 1.12. The van der Waals surface area contributed by atoms with Crippen molar-refractivity contribution in [3.8, 4) is 0 Å². The van der Waals surface area contributed by atoms with Gasteiger partial charge in [0.25, 0.3) is 0 Å². The van der Waals surface area contributed by atoms with Crippen molar-refractivity contribution in [1.29, 1.82) is 0 Å². The van der Waals surface area contributed by atoms with Crippen LogP contribution in [0, 0.1) is 0 Å². The number of hydrogen-bond acceptors (Lipinski definition) is 4. The predicted octanol–water partition coefficient (Wildman–Crippen LogP) is 7.87. The van der Waals surface area contributed by atoms with E-state index in [9.17, 15) is 0 Å². The van der Waals surface area contributed by atoms with Crippen molar-refractivity contribution >= 4 is 35.3 Å². The molecule has 0 aromatic heterocycles. The van der Waals surface area contributed by atoms with Crippen molar-refractivity contribution in [1.82, 2.24) is 4.90 Å². The van der Waals surface area contributed by atoms with Crippen LogP contribution in [-0.2, 0) is 17.3 Å². The average Bonchev–Trinajstić information content (AvgIpc) is 2.87. The molecular weight excluding hydrogens is 459 g/mol. The molecule has 3 aromatic rings. The van der Waals surface area contributed by atoms with E-state index >= 15 is 0 Å². The van der Waals surface area contributed by atoms with Gasteiger partial charge in [-0.15, -0.1) is 0 Å². The van der Waals surface area contributed by atoms with Gasteiger partial charge in [-0.1, -0.05) is 91.0 Å². The second-order valence-corrected chi connectivity index (χ2v) is 11.5. The van der Waals surface area contributed by atoms with Crippen molar-refractivity contribution in [3.05, 3.63) is 108 Å². The Morgan fingerprint density at radius 2 is 0.788 bits per heavy atom. The maximum absolute atomic E-state index is 2.70. The van der Waals surface area contributed by atoms with Crippen molar-refractivity contribution in [2.24, 2.45) is 0 Å². The van der Waals surface area contributed by atoms with Crippen LogP contribution < -0.4 is 0 Å². The first kappa shape index (κ1) is 26.3. The third kappa shape index (κ3) is 12.1. The van der Waals surface area contributed by atoms with E-state index in [0.29, 0.717) is 0 Å². The minimum Gasteiger partial charge on any atom is -0.302 e. The third-order valence-corrected chi connectivity index (χ3v) is 8.65. The maximum Gasteiger partial charge on any atom is 0.0185 e. The van der Waals surface area contributed by atoms with Crippen LogP contribution in [0.3, 0.4) is 0 Å². The summed E-state index contributed by atoms with van der Waals surface area (Å²) < 4.78 is 0. The molecule has 0 radical (unpaired) electrons. The zero-order chi connectivity index (χ0) is 22.8. The Kier molecular flexibility index (Phi) is 13.7. The van der Waals surface area contributed by atoms with Crippen molar-refractivity contribution in [3.63, 3.8) is 0 Å². The normalized spacial score (nSPS) is 11.2. The summed E-state index contributed by atoms with van der Waals surface area (Å²) in [5, 5.41) is 0. The zero-order valence-corrected chi connectivity index (χ0v) is 22.1. The Balaban J connectivity index is 1.32. The van der Waals surface area contributed by atoms with Crippen LogP contribution in [-0.4, -0.2) is 41.8 Å². The van der Waals surface area contributed by atoms with Gasteiger partial charge in [0.2, 0.25) is 0 Å². The molecule has 0 amide bonds. The Bertz CT molecular complexity index is 793. The summed E-state index contributed by atoms with van der Waals surface area (Å²) in [5.41, 5.74) is 4.31. The van der Waals surface area contributed by atoms with Gasteiger partial charge in [0.1, 0.15) is 0 Å². The van der Waals surface area contributed by atoms with E-state index in [0.717, 1.165) is 17.3 Å². The number of nitrogens with zero attached hydrogens (tertiary/aromatic N) is 1. The molecule has 176 valence electrons. The summed E-state index contributed by atoms with van der Waals surface area (Å²) in [7, 11) is 0. The van der Waals surface area contributed by atoms with Gasteiger partial charge in [-0.3, -0.25) is 0 Å². The second-order valence-electron chi connectivity index (χ2n) is 8.16. The maximum atomic E-state index is 2.70. The van der Waals surface area contributed by atoms with E-state index in [2.05, 4.69) is 131 Å². The van der Waals surface area contributed by atoms with Gasteiger partial charge in [-0.05, 0) is 54.1 Å². The number of rotatable bonds is 17. The average molecular weight is 496 g/mol. The van der Waals surface area contributed by atoms with E-state index < -0.39 is 0 Å². The molecule has 0 bridgehead atoms. The van der Waals surface area contributed by atoms with Crippen LogP contribution >= 0.6 is 35.3 Å². The van der Waals surface area contributed by atoms with Crippen LogP contribution in [0.5, 0.6) is 0 Å². The first-order valence-electron chi connectivity index (χ1n) is 12.0. The molecule has 3 aromatic carbocycles. The number of hydrogen-bond donors (Lipinski definition) is 0. The Labute approximate surface area is 214 Å². The van der Waals surface area contributed by atoms with Crippen LogP contribution in [0.15, 0.2) is 91.0 Å². The lowest BCUT2D eigenvalue weighted by atomic mass is 10.2. The molecule has 0 heterocycles. The molecule has 0 saturated carbocycles. The first-order chi connectivity index (χ1) is 16.4. The van der Waals surface area contributed by atoms with Crippen LogP contribution in [0.4, 0.5) is 0 Å². The Morgan fingerprint density at radius 3 is 1.18 bits per heavy atom. The van der Waals surface area contributed by atoms with E-state index in [1.54, 1.807) is 0 Å². The molecule has 0 aliphatic carbocycles. The quantitative estimate of drug-likeness (QED) is 0.175. The topological polar surface area (TPSA) is 3.24 Å². The highest BCUT2D eigenvalue weighted by Gasteiger charge is 2.06. The van der Waals surface area contributed by atoms with Crippen LogP contribution in [0.2, 0.25) is 0 Å². The van der Waals surface area contributed by atoms with Gasteiger partial charge >= 0.3 is 0 Å². The summed E-state index contributed by atoms with van der Waals surface area (Å²) >= 11 is 6.20. The molecule has 0 aliphatic rings. The standard InChI is InChI=1S/C29H37NS3/c1-4-12-27(13-5-1)24-31-21-10-18-30(20-23-33-26-29-16-8-3-9-17-29)19-11-22-32-25-28-14-6-2-7-15-28/h1-9,12-17H,10-11,18-26H2. The fraction of sp³-hybridized carbons (Fsp3) is 0.379. The predicted molar refractivity (Wildman–Crippen MR) is 153 cm³/mol. The van der Waals surface area contributed by atoms with Gasteiger partial charge < -0.3 is 4.90 Å². The lowest BCUT2D eigenvalue weighted by Gasteiger charge is -2.22. The summed E-state index contributed by atoms with van der Waals surface area (Å²) in [5.74, 6) is 7.07. The monoisotopic (exact) mass is 495 g/mol. The van der Waals surface area contributed by atoms with E-state index in [4.69, 9.17) is 0 Å². The highest BCUT2D eigenvalue weighted by atomic mass is 32.2. The van der Waals surface area contributed by atoms with Gasteiger partial charge in [0.15, 0.2) is 0 Å². The SMILES string of the molecule is c1ccc(CSCCCN(CCCSCc2ccccc2)CCSCc2ccccc2)cc1. The molecule has 0 N–H and O–H groups in total. The molecule has 0 fully saturated rings. The van der Waals surface area contributed by atoms with E-state index in [1.807, 2.05) is 0 Å². The molecule has 0 unspecified atom stereocenters. The summed E-state index contributed by atoms with van der Waals surface area (Å²) in [6, 6.07) is 32.5. The summed E-state index contributed by atoms with van der Waals surface area (Å²) in [6.45, 7) is 3.64. The van der Waals surface area contributed by atoms with E-state index in [1.165, 1.54) is 66.4 Å². The fourth-order valence-corrected chi connectivity index (χ4v) is 6.37. The number of benzene rings is 3. The highest BCUT2D eigenvalue weighted by molar-refractivity contribution is 7.98. The van der Waals surface area contributed by atoms with Crippen molar-refractivity contribution in [2.75, 3.05) is 36.9 Å². The molecular formula is C29H37NS3. The molecule has 0 aliphatic heterocycles. The Morgan fingerprint density at radius 1 is 0.424 bits per heavy atom. The Hall–Kier alpha value is -1.33. The molecule has 4 heteroatoms. The van der Waals surface area contributed by atoms with Gasteiger partial charge in [0.05, 0.1) is 0 Å². The largest absolute Gasteiger partial charge is 0.302 e. The molecule has 3 rings (SSSR count). The van der Waals surface area contributed by atoms with Crippen LogP contribution in [0.1, 0.15) is 29.5 Å². The van der Waals surface area contributed by atoms with Gasteiger partial charge in [0, 0.05) is 29.6 Å². The van der Waals surface area contributed by atoms with Gasteiger partial charge in [-0.25, -0.2) is 0 Å². The molecule has 33 heavy (non-hydrogen) atoms. The summed E-state index contributed by atoms with van der Waals surface area (Å²) in [4.78, 5) is 2.70. The highest BCUT2D eigenvalue weighted by Crippen LogP contribution is 2.16. The van der Waals surface area contributed by atoms with Crippen molar-refractivity contribution in [2.45, 2.75) is 30.1 Å². The zero-order valence-electron chi connectivity index (χ0n) is 19.6. The third-order valence-electron chi connectivity index (χ3n) is 5.41. The molecule has 0 spiro atoms.